The molecule has 6 aliphatic carbocycles. The molecule has 6 atom stereocenters. The van der Waals surface area contributed by atoms with Crippen molar-refractivity contribution in [2.24, 2.45) is 29.1 Å². The predicted octanol–water partition coefficient (Wildman–Crippen LogP) is 6.37. The first-order valence-electron chi connectivity index (χ1n) is 17.3. The highest BCUT2D eigenvalue weighted by atomic mass is 16.7. The maximum Gasteiger partial charge on any atom is 0.171 e. The van der Waals surface area contributed by atoms with E-state index >= 15 is 0 Å². The van der Waals surface area contributed by atoms with Crippen molar-refractivity contribution in [3.63, 3.8) is 0 Å². The molecule has 228 valence electrons. The van der Waals surface area contributed by atoms with Crippen LogP contribution >= 0.6 is 0 Å². The molecular formula is C36H55NO4. The minimum atomic E-state index is -0.894. The van der Waals surface area contributed by atoms with E-state index in [1.165, 1.54) is 63.4 Å². The quantitative estimate of drug-likeness (QED) is 0.308. The second-order valence-corrected chi connectivity index (χ2v) is 15.5. The molecule has 7 rings (SSSR count). The van der Waals surface area contributed by atoms with Crippen LogP contribution in [0.3, 0.4) is 0 Å². The zero-order valence-electron chi connectivity index (χ0n) is 26.1. The number of aliphatic hydroxyl groups is 2. The number of nitrogens with zero attached hydrogens (tertiary/aromatic N) is 1. The molecule has 0 bridgehead atoms. The van der Waals surface area contributed by atoms with Gasteiger partial charge < -0.3 is 24.6 Å². The molecule has 1 heterocycles. The molecule has 0 aromatic heterocycles. The summed E-state index contributed by atoms with van der Waals surface area (Å²) in [4.78, 5) is 2.76. The second-order valence-electron chi connectivity index (χ2n) is 15.5. The van der Waals surface area contributed by atoms with Crippen LogP contribution in [0.15, 0.2) is 11.1 Å². The predicted molar refractivity (Wildman–Crippen MR) is 161 cm³/mol. The molecule has 5 unspecified atom stereocenters. The third kappa shape index (κ3) is 4.61. The molecule has 2 N–H and O–H groups in total. The lowest BCUT2D eigenvalue weighted by atomic mass is 9.48. The Hall–Kier alpha value is -0.900. The van der Waals surface area contributed by atoms with E-state index in [2.05, 4.69) is 30.7 Å². The average molecular weight is 566 g/mol. The van der Waals surface area contributed by atoms with Crippen LogP contribution in [0.1, 0.15) is 123 Å². The number of fused-ring (bicyclic) bond motifs is 4. The molecule has 5 heteroatoms. The first-order chi connectivity index (χ1) is 19.7. The standard InChI is InChI=1S/C36H55NO4/c1-4-17-35(39)19-15-30-28-14-18-34(38)24-36(40-21-22-41-36)20-16-31(34)32(28)29(23-33(30,35)2)25-10-12-27(13-11-25)37(3)26-8-6-5-7-9-26/h25-30,38-39H,5-16,18-24H2,1-3H3/t25?,27?,28?,29?,30?,33?,34-,35?/m1/s1. The third-order valence-corrected chi connectivity index (χ3v) is 13.8. The maximum absolute atomic E-state index is 12.3. The summed E-state index contributed by atoms with van der Waals surface area (Å²) in [5.41, 5.74) is 1.08. The number of allylic oxidation sites excluding steroid dienone is 1. The lowest BCUT2D eigenvalue weighted by Crippen LogP contribution is -2.56. The Bertz CT molecular complexity index is 1090. The van der Waals surface area contributed by atoms with Crippen molar-refractivity contribution in [1.29, 1.82) is 0 Å². The fraction of sp³-hybridized carbons (Fsp3) is 0.889. The van der Waals surface area contributed by atoms with Crippen LogP contribution in [0.25, 0.3) is 0 Å². The zero-order chi connectivity index (χ0) is 28.5. The maximum atomic E-state index is 12.3. The first-order valence-corrected chi connectivity index (χ1v) is 17.3. The monoisotopic (exact) mass is 565 g/mol. The summed E-state index contributed by atoms with van der Waals surface area (Å²) in [5, 5.41) is 24.4. The summed E-state index contributed by atoms with van der Waals surface area (Å²) in [5.74, 6) is 7.84. The molecule has 5 nitrogen and oxygen atoms in total. The molecule has 1 saturated heterocycles. The Morgan fingerprint density at radius 2 is 1.54 bits per heavy atom. The SMILES string of the molecule is CC#CC1(O)CCC2C3CC[C@@]4(O)CC5(CCC4=C3C(C3CCC(N(C)C4CCCCC4)CC3)CC21C)OCCO5. The van der Waals surface area contributed by atoms with Crippen LogP contribution in [0.2, 0.25) is 0 Å². The Morgan fingerprint density at radius 3 is 2.24 bits per heavy atom. The van der Waals surface area contributed by atoms with Gasteiger partial charge in [-0.1, -0.05) is 37.7 Å². The second kappa shape index (κ2) is 10.6. The van der Waals surface area contributed by atoms with Crippen molar-refractivity contribution in [3.8, 4) is 11.8 Å². The molecule has 7 aliphatic rings. The van der Waals surface area contributed by atoms with Crippen LogP contribution in [-0.4, -0.2) is 64.4 Å². The number of rotatable bonds is 3. The van der Waals surface area contributed by atoms with Crippen molar-refractivity contribution < 1.29 is 19.7 Å². The normalized spacial score (nSPS) is 46.1. The van der Waals surface area contributed by atoms with E-state index in [9.17, 15) is 10.2 Å². The Labute approximate surface area is 248 Å². The summed E-state index contributed by atoms with van der Waals surface area (Å²) in [7, 11) is 2.40. The minimum absolute atomic E-state index is 0.186. The van der Waals surface area contributed by atoms with E-state index < -0.39 is 17.0 Å². The van der Waals surface area contributed by atoms with Crippen LogP contribution in [-0.2, 0) is 9.47 Å². The van der Waals surface area contributed by atoms with Crippen LogP contribution in [0.4, 0.5) is 0 Å². The van der Waals surface area contributed by atoms with Gasteiger partial charge in [-0.05, 0) is 120 Å². The van der Waals surface area contributed by atoms with E-state index in [4.69, 9.17) is 9.47 Å². The van der Waals surface area contributed by atoms with Gasteiger partial charge in [0.25, 0.3) is 0 Å². The van der Waals surface area contributed by atoms with Crippen LogP contribution < -0.4 is 0 Å². The van der Waals surface area contributed by atoms with Crippen LogP contribution in [0, 0.1) is 40.9 Å². The zero-order valence-corrected chi connectivity index (χ0v) is 26.1. The van der Waals surface area contributed by atoms with Crippen molar-refractivity contribution >= 4 is 0 Å². The van der Waals surface area contributed by atoms with Gasteiger partial charge in [-0.15, -0.1) is 5.92 Å². The van der Waals surface area contributed by atoms with Gasteiger partial charge in [0.05, 0.1) is 18.8 Å². The number of hydrogen-bond acceptors (Lipinski definition) is 5. The minimum Gasteiger partial charge on any atom is -0.385 e. The fourth-order valence-corrected chi connectivity index (χ4v) is 11.6. The summed E-state index contributed by atoms with van der Waals surface area (Å²) in [6.07, 6.45) is 19.1. The van der Waals surface area contributed by atoms with E-state index in [1.54, 1.807) is 5.57 Å². The summed E-state index contributed by atoms with van der Waals surface area (Å²) >= 11 is 0. The highest BCUT2D eigenvalue weighted by Crippen LogP contribution is 2.67. The smallest absolute Gasteiger partial charge is 0.171 e. The first kappa shape index (κ1) is 28.8. The van der Waals surface area contributed by atoms with Crippen LogP contribution in [0.5, 0.6) is 0 Å². The fourth-order valence-electron chi connectivity index (χ4n) is 11.6. The molecule has 1 spiro atoms. The molecule has 5 saturated carbocycles. The lowest BCUT2D eigenvalue weighted by molar-refractivity contribution is -0.208. The van der Waals surface area contributed by atoms with E-state index in [0.29, 0.717) is 49.3 Å². The molecule has 0 amide bonds. The van der Waals surface area contributed by atoms with E-state index in [1.807, 2.05) is 6.92 Å². The molecule has 1 aliphatic heterocycles. The molecular weight excluding hydrogens is 510 g/mol. The van der Waals surface area contributed by atoms with Crippen molar-refractivity contribution in [3.05, 3.63) is 11.1 Å². The van der Waals surface area contributed by atoms with Crippen molar-refractivity contribution in [2.45, 2.75) is 152 Å². The van der Waals surface area contributed by atoms with Gasteiger partial charge in [0.2, 0.25) is 0 Å². The van der Waals surface area contributed by atoms with Gasteiger partial charge in [-0.2, -0.15) is 0 Å². The van der Waals surface area contributed by atoms with Gasteiger partial charge in [-0.3, -0.25) is 0 Å². The van der Waals surface area contributed by atoms with Gasteiger partial charge in [0, 0.05) is 30.3 Å². The number of hydrogen-bond donors (Lipinski definition) is 2. The van der Waals surface area contributed by atoms with Gasteiger partial charge >= 0.3 is 0 Å². The van der Waals surface area contributed by atoms with Gasteiger partial charge in [0.1, 0.15) is 5.60 Å². The molecule has 0 aromatic carbocycles. The molecule has 0 aromatic rings. The average Bonchev–Trinajstić information content (AvgIpc) is 3.53. The van der Waals surface area contributed by atoms with Crippen molar-refractivity contribution in [1.82, 2.24) is 4.90 Å². The van der Waals surface area contributed by atoms with E-state index in [0.717, 1.165) is 51.0 Å². The molecule has 6 fully saturated rings. The molecule has 41 heavy (non-hydrogen) atoms. The third-order valence-electron chi connectivity index (χ3n) is 13.8. The summed E-state index contributed by atoms with van der Waals surface area (Å²) in [6, 6.07) is 1.48. The summed E-state index contributed by atoms with van der Waals surface area (Å²) < 4.78 is 12.3. The Morgan fingerprint density at radius 1 is 0.829 bits per heavy atom. The lowest BCUT2D eigenvalue weighted by Gasteiger charge is -2.58. The Kier molecular flexibility index (Phi) is 7.47. The van der Waals surface area contributed by atoms with E-state index in [-0.39, 0.29) is 5.41 Å². The topological polar surface area (TPSA) is 62.2 Å². The summed E-state index contributed by atoms with van der Waals surface area (Å²) in [6.45, 7) is 5.55. The Balaban J connectivity index is 1.20. The van der Waals surface area contributed by atoms with Crippen molar-refractivity contribution in [2.75, 3.05) is 20.3 Å². The number of ether oxygens (including phenoxy) is 2. The van der Waals surface area contributed by atoms with Gasteiger partial charge in [-0.25, -0.2) is 0 Å². The largest absolute Gasteiger partial charge is 0.385 e. The van der Waals surface area contributed by atoms with Gasteiger partial charge in [0.15, 0.2) is 5.79 Å². The highest BCUT2D eigenvalue weighted by Gasteiger charge is 2.65. The molecule has 0 radical (unpaired) electrons. The highest BCUT2D eigenvalue weighted by molar-refractivity contribution is 5.39.